The molecule has 0 bridgehead atoms. The molecule has 0 saturated carbocycles. The fraction of sp³-hybridized carbons (Fsp3) is 0.0741. The van der Waals surface area contributed by atoms with Gasteiger partial charge < -0.3 is 0 Å². The van der Waals surface area contributed by atoms with Crippen molar-refractivity contribution in [2.45, 2.75) is 11.8 Å². The molecule has 0 spiro atoms. The Morgan fingerprint density at radius 1 is 0.971 bits per heavy atom. The monoisotopic (exact) mass is 480 g/mol. The normalized spacial score (nSPS) is 12.2. The molecule has 5 nitrogen and oxygen atoms in total. The number of thiazole rings is 1. The van der Waals surface area contributed by atoms with Crippen molar-refractivity contribution in [1.29, 1.82) is 0 Å². The van der Waals surface area contributed by atoms with Gasteiger partial charge in [0.15, 0.2) is 4.96 Å². The number of para-hydroxylation sites is 3. The summed E-state index contributed by atoms with van der Waals surface area (Å²) in [5.41, 5.74) is 5.33. The number of aromatic nitrogens is 4. The minimum Gasteiger partial charge on any atom is -0.267 e. The smallest absolute Gasteiger partial charge is 0.267 e. The molecule has 6 rings (SSSR count). The predicted molar refractivity (Wildman–Crippen MR) is 141 cm³/mol. The summed E-state index contributed by atoms with van der Waals surface area (Å²) in [6, 6.07) is 26.2. The van der Waals surface area contributed by atoms with Gasteiger partial charge in [-0.3, -0.25) is 4.79 Å². The van der Waals surface area contributed by atoms with Crippen LogP contribution in [0.15, 0.2) is 94.7 Å². The Bertz CT molecular complexity index is 1730. The van der Waals surface area contributed by atoms with Crippen LogP contribution in [0.2, 0.25) is 0 Å². The molecular formula is C27H20N4OS2. The molecular weight excluding hydrogens is 460 g/mol. The number of fused-ring (bicyclic) bond motifs is 3. The minimum atomic E-state index is -0.0539. The quantitative estimate of drug-likeness (QED) is 0.309. The van der Waals surface area contributed by atoms with Gasteiger partial charge in [-0.05, 0) is 48.2 Å². The van der Waals surface area contributed by atoms with Gasteiger partial charge in [-0.2, -0.15) is 5.10 Å². The number of nitrogens with zero attached hydrogens (tertiary/aromatic N) is 4. The highest BCUT2D eigenvalue weighted by molar-refractivity contribution is 7.99. The van der Waals surface area contributed by atoms with Crippen LogP contribution in [0.3, 0.4) is 0 Å². The first-order chi connectivity index (χ1) is 16.7. The Balaban J connectivity index is 1.54. The van der Waals surface area contributed by atoms with E-state index in [1.807, 2.05) is 83.3 Å². The molecule has 3 heterocycles. The molecule has 0 aliphatic rings. The van der Waals surface area contributed by atoms with E-state index in [0.717, 1.165) is 39.3 Å². The van der Waals surface area contributed by atoms with E-state index < -0.39 is 0 Å². The van der Waals surface area contributed by atoms with Gasteiger partial charge in [0.1, 0.15) is 0 Å². The first-order valence-electron chi connectivity index (χ1n) is 11.0. The summed E-state index contributed by atoms with van der Waals surface area (Å²) in [5.74, 6) is 1.03. The van der Waals surface area contributed by atoms with Crippen molar-refractivity contribution in [3.8, 4) is 16.9 Å². The Labute approximate surface area is 204 Å². The maximum Gasteiger partial charge on any atom is 0.274 e. The first kappa shape index (κ1) is 20.9. The molecule has 7 heteroatoms. The fourth-order valence-electron chi connectivity index (χ4n) is 4.06. The molecule has 0 unspecified atom stereocenters. The molecule has 0 aliphatic heterocycles. The number of rotatable bonds is 5. The van der Waals surface area contributed by atoms with E-state index in [1.54, 1.807) is 4.40 Å². The molecule has 0 N–H and O–H groups in total. The molecule has 0 saturated heterocycles. The lowest BCUT2D eigenvalue weighted by Gasteiger charge is -2.02. The Morgan fingerprint density at radius 2 is 1.74 bits per heavy atom. The molecule has 0 atom stereocenters. The summed E-state index contributed by atoms with van der Waals surface area (Å²) in [6.07, 6.45) is 3.92. The van der Waals surface area contributed by atoms with Crippen molar-refractivity contribution in [1.82, 2.24) is 19.2 Å². The van der Waals surface area contributed by atoms with E-state index in [2.05, 4.69) is 36.2 Å². The third-order valence-electron chi connectivity index (χ3n) is 5.63. The first-order valence-corrected chi connectivity index (χ1v) is 12.8. The number of hydrogen-bond acceptors (Lipinski definition) is 5. The number of benzene rings is 3. The second-order valence-corrected chi connectivity index (χ2v) is 10.2. The van der Waals surface area contributed by atoms with Crippen LogP contribution >= 0.6 is 23.1 Å². The number of thioether (sulfide) groups is 1. The zero-order chi connectivity index (χ0) is 23.1. The number of imidazole rings is 1. The van der Waals surface area contributed by atoms with Gasteiger partial charge in [-0.1, -0.05) is 60.7 Å². The Kier molecular flexibility index (Phi) is 5.28. The average Bonchev–Trinajstić information content (AvgIpc) is 3.54. The van der Waals surface area contributed by atoms with Crippen molar-refractivity contribution < 1.29 is 0 Å². The molecule has 6 aromatic rings. The highest BCUT2D eigenvalue weighted by atomic mass is 32.2. The van der Waals surface area contributed by atoms with Crippen LogP contribution in [0.5, 0.6) is 0 Å². The summed E-state index contributed by atoms with van der Waals surface area (Å²) in [5, 5.41) is 4.90. The largest absolute Gasteiger partial charge is 0.274 e. The highest BCUT2D eigenvalue weighted by Crippen LogP contribution is 2.27. The van der Waals surface area contributed by atoms with Crippen molar-refractivity contribution in [2.24, 2.45) is 0 Å². The Hall–Kier alpha value is -3.68. The van der Waals surface area contributed by atoms with Crippen molar-refractivity contribution in [3.63, 3.8) is 0 Å². The molecule has 34 heavy (non-hydrogen) atoms. The van der Waals surface area contributed by atoms with Gasteiger partial charge >= 0.3 is 0 Å². The average molecular weight is 481 g/mol. The van der Waals surface area contributed by atoms with E-state index >= 15 is 0 Å². The standard InChI is InChI=1S/C27H20N4OS2/c1-2-33-21-14-12-18(13-15-21)25-19(17-30(29-25)20-8-4-3-5-9-20)16-24-26(32)31-23-11-7-6-10-22(23)28-27(31)34-24/h3-17H,2H2,1H3. The summed E-state index contributed by atoms with van der Waals surface area (Å²) < 4.78 is 4.21. The predicted octanol–water partition coefficient (Wildman–Crippen LogP) is 5.42. The SMILES string of the molecule is CCSc1ccc(-c2nn(-c3ccccc3)cc2C=c2sc3nc4ccccc4n3c2=O)cc1. The zero-order valence-electron chi connectivity index (χ0n) is 18.4. The van der Waals surface area contributed by atoms with E-state index in [1.165, 1.54) is 16.2 Å². The summed E-state index contributed by atoms with van der Waals surface area (Å²) in [7, 11) is 0. The lowest BCUT2D eigenvalue weighted by Crippen LogP contribution is -2.22. The van der Waals surface area contributed by atoms with E-state index in [9.17, 15) is 4.79 Å². The van der Waals surface area contributed by atoms with Gasteiger partial charge in [0, 0.05) is 22.2 Å². The van der Waals surface area contributed by atoms with Crippen LogP contribution < -0.4 is 10.1 Å². The van der Waals surface area contributed by atoms with E-state index in [-0.39, 0.29) is 5.56 Å². The van der Waals surface area contributed by atoms with Crippen molar-refractivity contribution in [2.75, 3.05) is 5.75 Å². The van der Waals surface area contributed by atoms with Gasteiger partial charge in [-0.15, -0.1) is 11.8 Å². The zero-order valence-corrected chi connectivity index (χ0v) is 20.0. The molecule has 0 amide bonds. The van der Waals surface area contributed by atoms with Gasteiger partial charge in [0.25, 0.3) is 5.56 Å². The summed E-state index contributed by atoms with van der Waals surface area (Å²) >= 11 is 3.22. The van der Waals surface area contributed by atoms with Gasteiger partial charge in [0.2, 0.25) is 0 Å². The number of hydrogen-bond donors (Lipinski definition) is 0. The molecule has 0 radical (unpaired) electrons. The van der Waals surface area contributed by atoms with Gasteiger partial charge in [0.05, 0.1) is 26.9 Å². The lowest BCUT2D eigenvalue weighted by atomic mass is 10.1. The van der Waals surface area contributed by atoms with Crippen LogP contribution in [0.4, 0.5) is 0 Å². The van der Waals surface area contributed by atoms with Crippen molar-refractivity contribution in [3.05, 3.63) is 106 Å². The maximum atomic E-state index is 13.3. The molecule has 0 aliphatic carbocycles. The van der Waals surface area contributed by atoms with Crippen LogP contribution in [0.25, 0.3) is 39.0 Å². The summed E-state index contributed by atoms with van der Waals surface area (Å²) in [4.78, 5) is 19.9. The summed E-state index contributed by atoms with van der Waals surface area (Å²) in [6.45, 7) is 2.15. The van der Waals surface area contributed by atoms with Crippen LogP contribution in [-0.4, -0.2) is 24.9 Å². The topological polar surface area (TPSA) is 52.2 Å². The van der Waals surface area contributed by atoms with Gasteiger partial charge in [-0.25, -0.2) is 14.1 Å². The van der Waals surface area contributed by atoms with Crippen LogP contribution in [0.1, 0.15) is 12.5 Å². The van der Waals surface area contributed by atoms with E-state index in [4.69, 9.17) is 5.10 Å². The fourth-order valence-corrected chi connectivity index (χ4v) is 5.70. The van der Waals surface area contributed by atoms with Crippen molar-refractivity contribution >= 4 is 45.2 Å². The third kappa shape index (κ3) is 3.63. The highest BCUT2D eigenvalue weighted by Gasteiger charge is 2.14. The van der Waals surface area contributed by atoms with E-state index in [0.29, 0.717) is 9.49 Å². The maximum absolute atomic E-state index is 13.3. The van der Waals surface area contributed by atoms with Crippen LogP contribution in [-0.2, 0) is 0 Å². The Morgan fingerprint density at radius 3 is 2.53 bits per heavy atom. The lowest BCUT2D eigenvalue weighted by molar-refractivity contribution is 0.884. The molecule has 166 valence electrons. The van der Waals surface area contributed by atoms with Crippen LogP contribution in [0, 0.1) is 0 Å². The molecule has 0 fully saturated rings. The molecule has 3 aromatic carbocycles. The second-order valence-electron chi connectivity index (χ2n) is 7.80. The third-order valence-corrected chi connectivity index (χ3v) is 7.50. The second kappa shape index (κ2) is 8.59. The molecule has 3 aromatic heterocycles. The minimum absolute atomic E-state index is 0.0539.